The van der Waals surface area contributed by atoms with Crippen LogP contribution >= 0.6 is 0 Å². The van der Waals surface area contributed by atoms with Crippen LogP contribution in [0.4, 0.5) is 5.69 Å². The minimum atomic E-state index is -0.431. The number of nitrogens with zero attached hydrogens (tertiary/aromatic N) is 1. The van der Waals surface area contributed by atoms with Gasteiger partial charge in [0.25, 0.3) is 5.91 Å². The SMILES string of the molecule is COCCCN(CC(=O)NCC(=O)Nc1ccc(C)cc1)C(=O)c1ccccc1OC. The summed E-state index contributed by atoms with van der Waals surface area (Å²) in [5.74, 6) is -0.672. The average molecular weight is 428 g/mol. The Morgan fingerprint density at radius 1 is 0.968 bits per heavy atom. The van der Waals surface area contributed by atoms with Crippen LogP contribution in [-0.4, -0.2) is 63.1 Å². The Balaban J connectivity index is 1.96. The summed E-state index contributed by atoms with van der Waals surface area (Å²) >= 11 is 0. The minimum absolute atomic E-state index is 0.182. The van der Waals surface area contributed by atoms with Gasteiger partial charge in [0, 0.05) is 25.9 Å². The van der Waals surface area contributed by atoms with Crippen molar-refractivity contribution in [1.29, 1.82) is 0 Å². The molecule has 0 atom stereocenters. The first-order valence-electron chi connectivity index (χ1n) is 9.99. The smallest absolute Gasteiger partial charge is 0.258 e. The number of anilines is 1. The normalized spacial score (nSPS) is 10.3. The van der Waals surface area contributed by atoms with Crippen molar-refractivity contribution in [2.45, 2.75) is 13.3 Å². The summed E-state index contributed by atoms with van der Waals surface area (Å²) in [6.07, 6.45) is 0.568. The number of hydrogen-bond donors (Lipinski definition) is 2. The number of ether oxygens (including phenoxy) is 2. The van der Waals surface area contributed by atoms with Gasteiger partial charge in [0.15, 0.2) is 0 Å². The second kappa shape index (κ2) is 12.3. The lowest BCUT2D eigenvalue weighted by molar-refractivity contribution is -0.124. The van der Waals surface area contributed by atoms with Gasteiger partial charge in [-0.1, -0.05) is 29.8 Å². The Morgan fingerprint density at radius 3 is 2.35 bits per heavy atom. The first kappa shape index (κ1) is 23.9. The van der Waals surface area contributed by atoms with E-state index in [4.69, 9.17) is 9.47 Å². The highest BCUT2D eigenvalue weighted by molar-refractivity contribution is 5.99. The van der Waals surface area contributed by atoms with Gasteiger partial charge in [-0.25, -0.2) is 0 Å². The number of aryl methyl sites for hydroxylation is 1. The molecule has 0 radical (unpaired) electrons. The second-order valence-electron chi connectivity index (χ2n) is 6.96. The molecule has 31 heavy (non-hydrogen) atoms. The maximum Gasteiger partial charge on any atom is 0.258 e. The summed E-state index contributed by atoms with van der Waals surface area (Å²) in [5.41, 5.74) is 2.10. The molecule has 0 aliphatic heterocycles. The van der Waals surface area contributed by atoms with Crippen LogP contribution in [0.25, 0.3) is 0 Å². The molecule has 0 saturated heterocycles. The van der Waals surface area contributed by atoms with Crippen LogP contribution in [0.3, 0.4) is 0 Å². The summed E-state index contributed by atoms with van der Waals surface area (Å²) in [4.78, 5) is 39.0. The molecule has 0 fully saturated rings. The monoisotopic (exact) mass is 427 g/mol. The lowest BCUT2D eigenvalue weighted by Crippen LogP contribution is -2.43. The van der Waals surface area contributed by atoms with Crippen molar-refractivity contribution in [3.63, 3.8) is 0 Å². The molecule has 0 aliphatic rings. The van der Waals surface area contributed by atoms with Crippen LogP contribution in [0.15, 0.2) is 48.5 Å². The van der Waals surface area contributed by atoms with Gasteiger partial charge in [-0.2, -0.15) is 0 Å². The molecule has 2 aromatic rings. The van der Waals surface area contributed by atoms with Crippen LogP contribution in [-0.2, 0) is 14.3 Å². The molecule has 8 nitrogen and oxygen atoms in total. The number of para-hydroxylation sites is 1. The zero-order valence-electron chi connectivity index (χ0n) is 18.1. The van der Waals surface area contributed by atoms with Gasteiger partial charge in [0.2, 0.25) is 11.8 Å². The number of carbonyl (C=O) groups is 3. The quantitative estimate of drug-likeness (QED) is 0.536. The lowest BCUT2D eigenvalue weighted by Gasteiger charge is -2.23. The molecule has 0 aromatic heterocycles. The highest BCUT2D eigenvalue weighted by atomic mass is 16.5. The van der Waals surface area contributed by atoms with Gasteiger partial charge in [-0.15, -0.1) is 0 Å². The highest BCUT2D eigenvalue weighted by Gasteiger charge is 2.21. The van der Waals surface area contributed by atoms with Crippen molar-refractivity contribution in [3.05, 3.63) is 59.7 Å². The minimum Gasteiger partial charge on any atom is -0.496 e. The van der Waals surface area contributed by atoms with Crippen LogP contribution in [0.5, 0.6) is 5.75 Å². The number of rotatable bonds is 11. The largest absolute Gasteiger partial charge is 0.496 e. The molecule has 2 aromatic carbocycles. The topological polar surface area (TPSA) is 97.0 Å². The molecule has 0 spiro atoms. The van der Waals surface area contributed by atoms with E-state index in [9.17, 15) is 14.4 Å². The molecular formula is C23H29N3O5. The number of amides is 3. The Kier molecular flexibility index (Phi) is 9.51. The number of methoxy groups -OCH3 is 2. The highest BCUT2D eigenvalue weighted by Crippen LogP contribution is 2.19. The Morgan fingerprint density at radius 2 is 1.68 bits per heavy atom. The van der Waals surface area contributed by atoms with Gasteiger partial charge in [0.05, 0.1) is 25.8 Å². The summed E-state index contributed by atoms with van der Waals surface area (Å²) in [7, 11) is 3.06. The Labute approximate surface area is 182 Å². The molecule has 166 valence electrons. The molecule has 0 aliphatic carbocycles. The second-order valence-corrected chi connectivity index (χ2v) is 6.96. The number of carbonyl (C=O) groups excluding carboxylic acids is 3. The van der Waals surface area contributed by atoms with E-state index >= 15 is 0 Å². The average Bonchev–Trinajstić information content (AvgIpc) is 2.78. The van der Waals surface area contributed by atoms with E-state index in [-0.39, 0.29) is 24.9 Å². The number of benzene rings is 2. The third-order valence-corrected chi connectivity index (χ3v) is 4.52. The van der Waals surface area contributed by atoms with Gasteiger partial charge >= 0.3 is 0 Å². The first-order valence-corrected chi connectivity index (χ1v) is 9.99. The molecule has 8 heteroatoms. The van der Waals surface area contributed by atoms with E-state index in [0.29, 0.717) is 36.6 Å². The van der Waals surface area contributed by atoms with Gasteiger partial charge < -0.3 is 25.0 Å². The van der Waals surface area contributed by atoms with Crippen LogP contribution < -0.4 is 15.4 Å². The third-order valence-electron chi connectivity index (χ3n) is 4.52. The zero-order chi connectivity index (χ0) is 22.6. The van der Waals surface area contributed by atoms with Crippen LogP contribution in [0.2, 0.25) is 0 Å². The van der Waals surface area contributed by atoms with Crippen molar-refractivity contribution in [1.82, 2.24) is 10.2 Å². The summed E-state index contributed by atoms with van der Waals surface area (Å²) < 4.78 is 10.3. The predicted octanol–water partition coefficient (Wildman–Crippen LogP) is 2.24. The van der Waals surface area contributed by atoms with E-state index < -0.39 is 5.91 Å². The summed E-state index contributed by atoms with van der Waals surface area (Å²) in [6, 6.07) is 14.2. The molecule has 0 saturated carbocycles. The van der Waals surface area contributed by atoms with E-state index in [0.717, 1.165) is 5.56 Å². The first-order chi connectivity index (χ1) is 14.9. The van der Waals surface area contributed by atoms with E-state index in [1.807, 2.05) is 19.1 Å². The molecule has 2 rings (SSSR count). The molecular weight excluding hydrogens is 398 g/mol. The van der Waals surface area contributed by atoms with Crippen molar-refractivity contribution < 1.29 is 23.9 Å². The molecule has 0 heterocycles. The maximum absolute atomic E-state index is 13.0. The van der Waals surface area contributed by atoms with Crippen LogP contribution in [0, 0.1) is 6.92 Å². The summed E-state index contributed by atoms with van der Waals surface area (Å²) in [5, 5.41) is 5.28. The third kappa shape index (κ3) is 7.75. The van der Waals surface area contributed by atoms with Crippen LogP contribution in [0.1, 0.15) is 22.3 Å². The van der Waals surface area contributed by atoms with Gasteiger partial charge in [-0.05, 0) is 37.6 Å². The number of nitrogens with one attached hydrogen (secondary N) is 2. The van der Waals surface area contributed by atoms with Gasteiger partial charge in [-0.3, -0.25) is 14.4 Å². The number of hydrogen-bond acceptors (Lipinski definition) is 5. The fourth-order valence-corrected chi connectivity index (χ4v) is 2.89. The fourth-order valence-electron chi connectivity index (χ4n) is 2.89. The maximum atomic E-state index is 13.0. The van der Waals surface area contributed by atoms with E-state index in [1.165, 1.54) is 12.0 Å². The Bertz CT molecular complexity index is 883. The molecule has 2 N–H and O–H groups in total. The van der Waals surface area contributed by atoms with E-state index in [2.05, 4.69) is 10.6 Å². The molecule has 0 unspecified atom stereocenters. The predicted molar refractivity (Wildman–Crippen MR) is 118 cm³/mol. The van der Waals surface area contributed by atoms with Crippen molar-refractivity contribution in [3.8, 4) is 5.75 Å². The zero-order valence-corrected chi connectivity index (χ0v) is 18.1. The lowest BCUT2D eigenvalue weighted by atomic mass is 10.1. The van der Waals surface area contributed by atoms with Crippen molar-refractivity contribution >= 4 is 23.4 Å². The Hall–Kier alpha value is -3.39. The van der Waals surface area contributed by atoms with Crippen molar-refractivity contribution in [2.75, 3.05) is 45.8 Å². The molecule has 3 amide bonds. The van der Waals surface area contributed by atoms with Crippen molar-refractivity contribution in [2.24, 2.45) is 0 Å². The summed E-state index contributed by atoms with van der Waals surface area (Å²) in [6.45, 7) is 2.36. The standard InChI is InChI=1S/C23H29N3O5/c1-17-9-11-18(12-10-17)25-21(27)15-24-22(28)16-26(13-6-14-30-2)23(29)19-7-4-5-8-20(19)31-3/h4-5,7-12H,6,13-16H2,1-3H3,(H,24,28)(H,25,27). The fraction of sp³-hybridized carbons (Fsp3) is 0.348. The van der Waals surface area contributed by atoms with Gasteiger partial charge in [0.1, 0.15) is 5.75 Å². The molecule has 0 bridgehead atoms. The van der Waals surface area contributed by atoms with E-state index in [1.54, 1.807) is 43.5 Å².